The van der Waals surface area contributed by atoms with Crippen LogP contribution in [0.15, 0.2) is 21.7 Å². The zero-order valence-corrected chi connectivity index (χ0v) is 10.0. The van der Waals surface area contributed by atoms with Crippen LogP contribution in [0.2, 0.25) is 0 Å². The third-order valence-electron chi connectivity index (χ3n) is 2.39. The van der Waals surface area contributed by atoms with Gasteiger partial charge in [-0.25, -0.2) is 0 Å². The Kier molecular flexibility index (Phi) is 3.75. The van der Waals surface area contributed by atoms with Gasteiger partial charge in [-0.3, -0.25) is 4.79 Å². The van der Waals surface area contributed by atoms with Crippen molar-refractivity contribution in [3.8, 4) is 0 Å². The predicted molar refractivity (Wildman–Crippen MR) is 62.4 cm³/mol. The molecule has 1 heterocycles. The molecule has 4 heteroatoms. The summed E-state index contributed by atoms with van der Waals surface area (Å²) in [5.41, 5.74) is 5.77. The highest BCUT2D eigenvalue weighted by Crippen LogP contribution is 2.17. The van der Waals surface area contributed by atoms with Crippen LogP contribution >= 0.6 is 15.9 Å². The van der Waals surface area contributed by atoms with Gasteiger partial charge in [0.25, 0.3) is 0 Å². The topological polar surface area (TPSA) is 48.0 Å². The highest BCUT2D eigenvalue weighted by atomic mass is 79.9. The van der Waals surface area contributed by atoms with E-state index in [0.29, 0.717) is 16.2 Å². The Hall–Kier alpha value is -0.770. The lowest BCUT2D eigenvalue weighted by Crippen LogP contribution is -2.16. The van der Waals surface area contributed by atoms with E-state index in [1.54, 1.807) is 12.4 Å². The highest BCUT2D eigenvalue weighted by molar-refractivity contribution is 9.10. The van der Waals surface area contributed by atoms with Crippen molar-refractivity contribution in [2.24, 2.45) is 0 Å². The first-order chi connectivity index (χ1) is 6.60. The standard InChI is InChI=1S/C10H15BrN2O/c1-3-7(4-2)13-5-8(11)10(14)9(12)6-13/h5-7H,3-4,12H2,1-2H3. The zero-order valence-electron chi connectivity index (χ0n) is 8.46. The van der Waals surface area contributed by atoms with Gasteiger partial charge in [-0.15, -0.1) is 0 Å². The number of hydrogen-bond donors (Lipinski definition) is 1. The van der Waals surface area contributed by atoms with Crippen LogP contribution in [0.3, 0.4) is 0 Å². The number of hydrogen-bond acceptors (Lipinski definition) is 2. The molecular formula is C10H15BrN2O. The molecule has 1 rings (SSSR count). The van der Waals surface area contributed by atoms with Crippen molar-refractivity contribution in [3.63, 3.8) is 0 Å². The molecule has 0 saturated heterocycles. The first-order valence-corrected chi connectivity index (χ1v) is 5.56. The van der Waals surface area contributed by atoms with E-state index in [4.69, 9.17) is 5.73 Å². The average molecular weight is 259 g/mol. The number of halogens is 1. The smallest absolute Gasteiger partial charge is 0.218 e. The van der Waals surface area contributed by atoms with Crippen LogP contribution in [-0.2, 0) is 0 Å². The molecule has 0 radical (unpaired) electrons. The predicted octanol–water partition coefficient (Wildman–Crippen LogP) is 2.55. The minimum Gasteiger partial charge on any atom is -0.394 e. The molecule has 0 amide bonds. The van der Waals surface area contributed by atoms with Gasteiger partial charge in [0.05, 0.1) is 10.2 Å². The summed E-state index contributed by atoms with van der Waals surface area (Å²) in [6.45, 7) is 4.24. The molecule has 0 unspecified atom stereocenters. The first-order valence-electron chi connectivity index (χ1n) is 4.76. The number of aromatic nitrogens is 1. The van der Waals surface area contributed by atoms with E-state index in [1.807, 2.05) is 4.57 Å². The summed E-state index contributed by atoms with van der Waals surface area (Å²) >= 11 is 3.21. The molecule has 0 aromatic carbocycles. The van der Waals surface area contributed by atoms with Gasteiger partial charge in [-0.1, -0.05) is 13.8 Å². The van der Waals surface area contributed by atoms with Crippen LogP contribution in [0, 0.1) is 0 Å². The lowest BCUT2D eigenvalue weighted by atomic mass is 10.1. The van der Waals surface area contributed by atoms with Crippen LogP contribution in [0.5, 0.6) is 0 Å². The fourth-order valence-corrected chi connectivity index (χ4v) is 1.97. The molecule has 0 bridgehead atoms. The van der Waals surface area contributed by atoms with Crippen molar-refractivity contribution >= 4 is 21.6 Å². The van der Waals surface area contributed by atoms with Gasteiger partial charge in [-0.05, 0) is 28.8 Å². The van der Waals surface area contributed by atoms with Crippen molar-refractivity contribution in [2.75, 3.05) is 5.73 Å². The minimum atomic E-state index is -0.132. The molecule has 78 valence electrons. The summed E-state index contributed by atoms with van der Waals surface area (Å²) in [5, 5.41) is 0. The molecule has 14 heavy (non-hydrogen) atoms. The monoisotopic (exact) mass is 258 g/mol. The second-order valence-corrected chi connectivity index (χ2v) is 4.16. The Balaban J connectivity index is 3.17. The Labute approximate surface area is 92.1 Å². The van der Waals surface area contributed by atoms with Gasteiger partial charge in [0, 0.05) is 18.4 Å². The molecule has 0 spiro atoms. The molecular weight excluding hydrogens is 244 g/mol. The normalized spacial score (nSPS) is 10.9. The summed E-state index contributed by atoms with van der Waals surface area (Å²) in [4.78, 5) is 11.3. The molecule has 3 nitrogen and oxygen atoms in total. The van der Waals surface area contributed by atoms with Gasteiger partial charge in [0.2, 0.25) is 5.43 Å². The molecule has 1 aromatic rings. The number of rotatable bonds is 3. The second-order valence-electron chi connectivity index (χ2n) is 3.31. The number of anilines is 1. The third kappa shape index (κ3) is 2.18. The number of nitrogens with two attached hydrogens (primary N) is 1. The fraction of sp³-hybridized carbons (Fsp3) is 0.500. The van der Waals surface area contributed by atoms with Crippen LogP contribution in [0.4, 0.5) is 5.69 Å². The number of nitrogens with zero attached hydrogens (tertiary/aromatic N) is 1. The lowest BCUT2D eigenvalue weighted by Gasteiger charge is -2.17. The minimum absolute atomic E-state index is 0.132. The van der Waals surface area contributed by atoms with Gasteiger partial charge < -0.3 is 10.3 Å². The third-order valence-corrected chi connectivity index (χ3v) is 2.96. The SMILES string of the molecule is CCC(CC)n1cc(N)c(=O)c(Br)c1. The summed E-state index contributed by atoms with van der Waals surface area (Å²) in [6.07, 6.45) is 5.58. The second kappa shape index (κ2) is 4.64. The van der Waals surface area contributed by atoms with Gasteiger partial charge in [0.1, 0.15) is 0 Å². The molecule has 2 N–H and O–H groups in total. The zero-order chi connectivity index (χ0) is 10.7. The van der Waals surface area contributed by atoms with E-state index in [1.165, 1.54) is 0 Å². The maximum atomic E-state index is 11.3. The Bertz CT molecular complexity index is 343. The summed E-state index contributed by atoms with van der Waals surface area (Å²) in [6, 6.07) is 0.411. The van der Waals surface area contributed by atoms with Crippen LogP contribution in [0.1, 0.15) is 32.7 Å². The average Bonchev–Trinajstić information content (AvgIpc) is 2.16. The van der Waals surface area contributed by atoms with Crippen molar-refractivity contribution in [3.05, 3.63) is 27.1 Å². The van der Waals surface area contributed by atoms with E-state index in [0.717, 1.165) is 12.8 Å². The Morgan fingerprint density at radius 3 is 2.43 bits per heavy atom. The molecule has 0 aliphatic heterocycles. The largest absolute Gasteiger partial charge is 0.394 e. The Morgan fingerprint density at radius 1 is 1.43 bits per heavy atom. The number of pyridine rings is 1. The van der Waals surface area contributed by atoms with E-state index in [-0.39, 0.29) is 5.43 Å². The van der Waals surface area contributed by atoms with E-state index in [9.17, 15) is 4.79 Å². The van der Waals surface area contributed by atoms with Crippen molar-refractivity contribution in [1.29, 1.82) is 0 Å². The summed E-state index contributed by atoms with van der Waals surface area (Å²) < 4.78 is 2.53. The molecule has 0 aliphatic rings. The lowest BCUT2D eigenvalue weighted by molar-refractivity contribution is 0.469. The van der Waals surface area contributed by atoms with Gasteiger partial charge in [0.15, 0.2) is 0 Å². The quantitative estimate of drug-likeness (QED) is 0.906. The molecule has 0 saturated carbocycles. The number of nitrogen functional groups attached to an aromatic ring is 1. The van der Waals surface area contributed by atoms with Crippen molar-refractivity contribution in [1.82, 2.24) is 4.57 Å². The van der Waals surface area contributed by atoms with E-state index < -0.39 is 0 Å². The van der Waals surface area contributed by atoms with E-state index in [2.05, 4.69) is 29.8 Å². The highest BCUT2D eigenvalue weighted by Gasteiger charge is 2.08. The molecule has 0 fully saturated rings. The van der Waals surface area contributed by atoms with Crippen LogP contribution in [0.25, 0.3) is 0 Å². The fourth-order valence-electron chi connectivity index (χ4n) is 1.51. The molecule has 1 aromatic heterocycles. The van der Waals surface area contributed by atoms with E-state index >= 15 is 0 Å². The van der Waals surface area contributed by atoms with Gasteiger partial charge >= 0.3 is 0 Å². The van der Waals surface area contributed by atoms with Crippen molar-refractivity contribution < 1.29 is 0 Å². The van der Waals surface area contributed by atoms with Crippen LogP contribution < -0.4 is 11.2 Å². The summed E-state index contributed by atoms with van der Waals surface area (Å²) in [5.74, 6) is 0. The molecule has 0 atom stereocenters. The maximum Gasteiger partial charge on any atom is 0.218 e. The van der Waals surface area contributed by atoms with Gasteiger partial charge in [-0.2, -0.15) is 0 Å². The molecule has 0 aliphatic carbocycles. The first kappa shape index (κ1) is 11.3. The summed E-state index contributed by atoms with van der Waals surface area (Å²) in [7, 11) is 0. The van der Waals surface area contributed by atoms with Crippen molar-refractivity contribution in [2.45, 2.75) is 32.7 Å². The maximum absolute atomic E-state index is 11.3. The van der Waals surface area contributed by atoms with Crippen LogP contribution in [-0.4, -0.2) is 4.57 Å². The Morgan fingerprint density at radius 2 is 2.00 bits per heavy atom.